The number of aliphatic hydroxyl groups is 1. The third kappa shape index (κ3) is 2.42. The van der Waals surface area contributed by atoms with Gasteiger partial charge in [-0.25, -0.2) is 4.39 Å². The average molecular weight is 238 g/mol. The number of β-amino-alcohol motifs (C(OH)–C–C–N with tert-alkyl or cyclic N) is 1. The maximum atomic E-state index is 13.8. The minimum absolute atomic E-state index is 0.274. The Labute approximate surface area is 101 Å². The molecule has 94 valence electrons. The lowest BCUT2D eigenvalue weighted by Gasteiger charge is -2.25. The molecule has 1 aromatic carbocycles. The van der Waals surface area contributed by atoms with Crippen LogP contribution in [-0.2, 0) is 0 Å². The van der Waals surface area contributed by atoms with Gasteiger partial charge in [0.2, 0.25) is 0 Å². The molecule has 1 saturated heterocycles. The predicted octanol–water partition coefficient (Wildman–Crippen LogP) is 1.81. The van der Waals surface area contributed by atoms with Gasteiger partial charge in [0.25, 0.3) is 0 Å². The fraction of sp³-hybridized carbons (Fsp3) is 0.538. The number of nitrogens with zero attached hydrogens (tertiary/aromatic N) is 1. The molecule has 0 spiro atoms. The Kier molecular flexibility index (Phi) is 3.10. The maximum Gasteiger partial charge on any atom is 0.130 e. The monoisotopic (exact) mass is 238 g/mol. The van der Waals surface area contributed by atoms with Crippen LogP contribution in [0.15, 0.2) is 18.2 Å². The summed E-state index contributed by atoms with van der Waals surface area (Å²) in [5.41, 5.74) is 6.46. The molecule has 0 aromatic heterocycles. The van der Waals surface area contributed by atoms with Crippen LogP contribution in [-0.4, -0.2) is 23.8 Å². The molecule has 2 atom stereocenters. The van der Waals surface area contributed by atoms with Gasteiger partial charge in [-0.05, 0) is 32.4 Å². The van der Waals surface area contributed by atoms with E-state index in [0.29, 0.717) is 18.5 Å². The molecule has 1 aliphatic heterocycles. The smallest absolute Gasteiger partial charge is 0.130 e. The number of nitrogens with two attached hydrogens (primary N) is 1. The van der Waals surface area contributed by atoms with E-state index in [2.05, 4.69) is 0 Å². The zero-order valence-electron chi connectivity index (χ0n) is 10.3. The fourth-order valence-electron chi connectivity index (χ4n) is 2.40. The highest BCUT2D eigenvalue weighted by Gasteiger charge is 2.33. The van der Waals surface area contributed by atoms with Crippen LogP contribution < -0.4 is 10.6 Å². The summed E-state index contributed by atoms with van der Waals surface area (Å²) in [5.74, 6) is -0.274. The highest BCUT2D eigenvalue weighted by atomic mass is 19.1. The molecule has 4 heteroatoms. The van der Waals surface area contributed by atoms with Crippen LogP contribution in [0.1, 0.15) is 31.9 Å². The summed E-state index contributed by atoms with van der Waals surface area (Å²) >= 11 is 0. The number of hydrogen-bond acceptors (Lipinski definition) is 3. The first kappa shape index (κ1) is 12.3. The van der Waals surface area contributed by atoms with Gasteiger partial charge in [-0.1, -0.05) is 6.07 Å². The molecule has 0 radical (unpaired) electrons. The van der Waals surface area contributed by atoms with Crippen molar-refractivity contribution in [2.45, 2.75) is 31.9 Å². The van der Waals surface area contributed by atoms with E-state index in [0.717, 1.165) is 12.2 Å². The second kappa shape index (κ2) is 4.27. The van der Waals surface area contributed by atoms with Crippen molar-refractivity contribution in [1.82, 2.24) is 0 Å². The quantitative estimate of drug-likeness (QED) is 0.826. The van der Waals surface area contributed by atoms with Crippen LogP contribution in [0.2, 0.25) is 0 Å². The molecular formula is C13H19FN2O. The summed E-state index contributed by atoms with van der Waals surface area (Å²) in [6, 6.07) is 4.63. The first-order valence-corrected chi connectivity index (χ1v) is 5.92. The van der Waals surface area contributed by atoms with E-state index in [1.54, 1.807) is 19.9 Å². The van der Waals surface area contributed by atoms with Crippen LogP contribution in [0.4, 0.5) is 10.1 Å². The van der Waals surface area contributed by atoms with Gasteiger partial charge in [-0.15, -0.1) is 0 Å². The molecule has 0 bridgehead atoms. The van der Waals surface area contributed by atoms with Crippen molar-refractivity contribution in [3.63, 3.8) is 0 Å². The lowest BCUT2D eigenvalue weighted by Crippen LogP contribution is -2.30. The topological polar surface area (TPSA) is 49.5 Å². The van der Waals surface area contributed by atoms with E-state index in [1.165, 1.54) is 6.07 Å². The maximum absolute atomic E-state index is 13.8. The fourth-order valence-corrected chi connectivity index (χ4v) is 2.40. The molecule has 1 aromatic rings. The summed E-state index contributed by atoms with van der Waals surface area (Å²) in [6.45, 7) is 4.83. The molecule has 1 aliphatic rings. The normalized spacial score (nSPS) is 26.3. The van der Waals surface area contributed by atoms with Crippen molar-refractivity contribution >= 4 is 5.69 Å². The van der Waals surface area contributed by atoms with Crippen LogP contribution >= 0.6 is 0 Å². The average Bonchev–Trinajstić information content (AvgIpc) is 2.57. The summed E-state index contributed by atoms with van der Waals surface area (Å²) in [7, 11) is 0. The van der Waals surface area contributed by atoms with E-state index in [-0.39, 0.29) is 11.9 Å². The SMILES string of the molecule is C[C@@H](N)c1c(F)cccc1N1CCC(C)(O)C1. The van der Waals surface area contributed by atoms with E-state index in [9.17, 15) is 9.50 Å². The largest absolute Gasteiger partial charge is 0.388 e. The van der Waals surface area contributed by atoms with Crippen LogP contribution in [0.5, 0.6) is 0 Å². The van der Waals surface area contributed by atoms with Crippen molar-refractivity contribution in [3.8, 4) is 0 Å². The lowest BCUT2D eigenvalue weighted by atomic mass is 10.0. The number of halogens is 1. The Balaban J connectivity index is 2.36. The predicted molar refractivity (Wildman–Crippen MR) is 66.5 cm³/mol. The van der Waals surface area contributed by atoms with Gasteiger partial charge in [0, 0.05) is 30.4 Å². The van der Waals surface area contributed by atoms with Gasteiger partial charge in [0.15, 0.2) is 0 Å². The van der Waals surface area contributed by atoms with Crippen LogP contribution in [0.25, 0.3) is 0 Å². The molecule has 3 N–H and O–H groups in total. The number of anilines is 1. The van der Waals surface area contributed by atoms with Crippen LogP contribution in [0.3, 0.4) is 0 Å². The van der Waals surface area contributed by atoms with Crippen molar-refractivity contribution in [1.29, 1.82) is 0 Å². The zero-order valence-corrected chi connectivity index (χ0v) is 10.3. The van der Waals surface area contributed by atoms with E-state index in [4.69, 9.17) is 5.73 Å². The highest BCUT2D eigenvalue weighted by Crippen LogP contribution is 2.32. The summed E-state index contributed by atoms with van der Waals surface area (Å²) < 4.78 is 13.8. The number of rotatable bonds is 2. The summed E-state index contributed by atoms with van der Waals surface area (Å²) in [6.07, 6.45) is 0.696. The molecule has 0 amide bonds. The standard InChI is InChI=1S/C13H19FN2O/c1-9(15)12-10(14)4-3-5-11(12)16-7-6-13(2,17)8-16/h3-5,9,17H,6-8,15H2,1-2H3/t9-,13?/m1/s1. The molecule has 17 heavy (non-hydrogen) atoms. The third-order valence-corrected chi connectivity index (χ3v) is 3.28. The van der Waals surface area contributed by atoms with Gasteiger partial charge in [0.05, 0.1) is 5.60 Å². The summed E-state index contributed by atoms with van der Waals surface area (Å²) in [5, 5.41) is 9.96. The van der Waals surface area contributed by atoms with E-state index in [1.807, 2.05) is 11.0 Å². The third-order valence-electron chi connectivity index (χ3n) is 3.28. The zero-order chi connectivity index (χ0) is 12.6. The van der Waals surface area contributed by atoms with Gasteiger partial charge in [-0.3, -0.25) is 0 Å². The number of hydrogen-bond donors (Lipinski definition) is 2. The van der Waals surface area contributed by atoms with E-state index >= 15 is 0 Å². The first-order valence-electron chi connectivity index (χ1n) is 5.92. The molecule has 1 heterocycles. The minimum atomic E-state index is -0.693. The molecule has 2 rings (SSSR count). The Morgan fingerprint density at radius 1 is 1.53 bits per heavy atom. The van der Waals surface area contributed by atoms with Gasteiger partial charge < -0.3 is 15.7 Å². The summed E-state index contributed by atoms with van der Waals surface area (Å²) in [4.78, 5) is 2.00. The molecule has 0 saturated carbocycles. The Morgan fingerprint density at radius 2 is 2.24 bits per heavy atom. The second-order valence-electron chi connectivity index (χ2n) is 5.13. The lowest BCUT2D eigenvalue weighted by molar-refractivity contribution is 0.0839. The van der Waals surface area contributed by atoms with E-state index < -0.39 is 5.60 Å². The molecule has 1 fully saturated rings. The van der Waals surface area contributed by atoms with Crippen molar-refractivity contribution in [3.05, 3.63) is 29.6 Å². The molecule has 0 aliphatic carbocycles. The van der Waals surface area contributed by atoms with Gasteiger partial charge in [-0.2, -0.15) is 0 Å². The molecule has 1 unspecified atom stereocenters. The Morgan fingerprint density at radius 3 is 2.76 bits per heavy atom. The van der Waals surface area contributed by atoms with Gasteiger partial charge >= 0.3 is 0 Å². The molecule has 3 nitrogen and oxygen atoms in total. The van der Waals surface area contributed by atoms with Crippen molar-refractivity contribution in [2.75, 3.05) is 18.0 Å². The Bertz CT molecular complexity index is 418. The van der Waals surface area contributed by atoms with Crippen molar-refractivity contribution in [2.24, 2.45) is 5.73 Å². The highest BCUT2D eigenvalue weighted by molar-refractivity contribution is 5.56. The van der Waals surface area contributed by atoms with Gasteiger partial charge in [0.1, 0.15) is 5.82 Å². The van der Waals surface area contributed by atoms with Crippen molar-refractivity contribution < 1.29 is 9.50 Å². The number of benzene rings is 1. The second-order valence-corrected chi connectivity index (χ2v) is 5.13. The Hall–Kier alpha value is -1.13. The molecular weight excluding hydrogens is 219 g/mol. The minimum Gasteiger partial charge on any atom is -0.388 e. The first-order chi connectivity index (χ1) is 7.91. The van der Waals surface area contributed by atoms with Crippen LogP contribution in [0, 0.1) is 5.82 Å².